The van der Waals surface area contributed by atoms with Crippen molar-refractivity contribution in [3.8, 4) is 29.6 Å². The Morgan fingerprint density at radius 1 is 1.00 bits per heavy atom. The molecule has 1 N–H and O–H groups in total. The number of rotatable bonds is 11. The van der Waals surface area contributed by atoms with E-state index in [0.717, 1.165) is 10.5 Å². The molecule has 40 heavy (non-hydrogen) atoms. The van der Waals surface area contributed by atoms with Crippen LogP contribution in [0.15, 0.2) is 85.0 Å². The average molecular weight is 537 g/mol. The first-order valence-corrected chi connectivity index (χ1v) is 12.6. The number of imide groups is 2. The Balaban J connectivity index is 1.62. The van der Waals surface area contributed by atoms with E-state index in [-0.39, 0.29) is 17.9 Å². The first-order chi connectivity index (χ1) is 19.4. The molecule has 4 amide bonds. The molecule has 8 heteroatoms. The van der Waals surface area contributed by atoms with Crippen molar-refractivity contribution in [1.29, 1.82) is 0 Å². The molecule has 0 unspecified atom stereocenters. The summed E-state index contributed by atoms with van der Waals surface area (Å²) in [6.45, 7) is 6.37. The number of nitrogens with zero attached hydrogens (tertiary/aromatic N) is 1. The van der Waals surface area contributed by atoms with Crippen molar-refractivity contribution in [2.24, 2.45) is 0 Å². The summed E-state index contributed by atoms with van der Waals surface area (Å²) in [6, 6.07) is 18.7. The summed E-state index contributed by atoms with van der Waals surface area (Å²) >= 11 is 0. The zero-order valence-electron chi connectivity index (χ0n) is 22.0. The van der Waals surface area contributed by atoms with Gasteiger partial charge in [0.25, 0.3) is 11.8 Å². The Morgan fingerprint density at radius 2 is 1.75 bits per heavy atom. The topological polar surface area (TPSA) is 94.2 Å². The van der Waals surface area contributed by atoms with Crippen molar-refractivity contribution in [3.05, 3.63) is 102 Å². The standard InChI is InChI=1S/C32H28N2O6/c1-4-10-24-18-23(20-28(38-6-3)29(24)39-17-5-2)19-27-30(35)33-32(37)34(31(27)36)25-13-15-26(16-14-25)40-21-22-11-8-7-9-12-22/h2,4,7-9,11-16,18-20H,1,6,10,17,21H2,3H3,(H,33,35,37)/b27-19+. The second-order valence-corrected chi connectivity index (χ2v) is 8.65. The maximum atomic E-state index is 13.4. The van der Waals surface area contributed by atoms with Gasteiger partial charge in [0.05, 0.1) is 12.3 Å². The molecule has 1 heterocycles. The third-order valence-electron chi connectivity index (χ3n) is 5.87. The SMILES string of the molecule is C#CCOc1c(CC=C)cc(/C=C2\C(=O)NC(=O)N(c3ccc(OCc4ccccc4)cc3)C2=O)cc1OCC. The van der Waals surface area contributed by atoms with Crippen molar-refractivity contribution in [2.45, 2.75) is 20.0 Å². The summed E-state index contributed by atoms with van der Waals surface area (Å²) in [6.07, 6.45) is 8.90. The molecule has 8 nitrogen and oxygen atoms in total. The highest BCUT2D eigenvalue weighted by Gasteiger charge is 2.37. The van der Waals surface area contributed by atoms with Gasteiger partial charge < -0.3 is 14.2 Å². The maximum absolute atomic E-state index is 13.4. The highest BCUT2D eigenvalue weighted by molar-refractivity contribution is 6.39. The van der Waals surface area contributed by atoms with Crippen LogP contribution in [-0.4, -0.2) is 31.1 Å². The number of ether oxygens (including phenoxy) is 3. The monoisotopic (exact) mass is 536 g/mol. The Kier molecular flexibility index (Phi) is 9.00. The number of barbiturate groups is 1. The highest BCUT2D eigenvalue weighted by atomic mass is 16.5. The lowest BCUT2D eigenvalue weighted by atomic mass is 10.0. The van der Waals surface area contributed by atoms with Crippen molar-refractivity contribution in [2.75, 3.05) is 18.1 Å². The molecular weight excluding hydrogens is 508 g/mol. The Labute approximate surface area is 232 Å². The maximum Gasteiger partial charge on any atom is 0.335 e. The van der Waals surface area contributed by atoms with E-state index in [1.54, 1.807) is 42.5 Å². The molecule has 0 bridgehead atoms. The summed E-state index contributed by atoms with van der Waals surface area (Å²) < 4.78 is 17.3. The van der Waals surface area contributed by atoms with Crippen molar-refractivity contribution in [1.82, 2.24) is 5.32 Å². The number of allylic oxidation sites excluding steroid dienone is 1. The molecule has 0 aromatic heterocycles. The number of carbonyl (C=O) groups is 3. The van der Waals surface area contributed by atoms with Gasteiger partial charge in [-0.2, -0.15) is 0 Å². The Hall–Kier alpha value is -5.29. The minimum atomic E-state index is -0.842. The van der Waals surface area contributed by atoms with Crippen LogP contribution in [0.5, 0.6) is 17.2 Å². The zero-order chi connectivity index (χ0) is 28.5. The van der Waals surface area contributed by atoms with E-state index in [9.17, 15) is 14.4 Å². The predicted octanol–water partition coefficient (Wildman–Crippen LogP) is 5.07. The fourth-order valence-electron chi connectivity index (χ4n) is 4.11. The van der Waals surface area contributed by atoms with E-state index < -0.39 is 17.8 Å². The van der Waals surface area contributed by atoms with Crippen LogP contribution in [0, 0.1) is 12.3 Å². The van der Waals surface area contributed by atoms with E-state index >= 15 is 0 Å². The summed E-state index contributed by atoms with van der Waals surface area (Å²) in [4.78, 5) is 39.8. The first kappa shape index (κ1) is 27.7. The van der Waals surface area contributed by atoms with E-state index in [1.165, 1.54) is 6.08 Å². The van der Waals surface area contributed by atoms with Crippen molar-refractivity contribution < 1.29 is 28.6 Å². The van der Waals surface area contributed by atoms with E-state index in [2.05, 4.69) is 17.8 Å². The van der Waals surface area contributed by atoms with Crippen LogP contribution < -0.4 is 24.4 Å². The molecule has 1 aliphatic heterocycles. The van der Waals surface area contributed by atoms with Gasteiger partial charge in [0.15, 0.2) is 11.5 Å². The molecule has 4 rings (SSSR count). The molecule has 3 aromatic rings. The molecule has 1 aliphatic rings. The van der Waals surface area contributed by atoms with Gasteiger partial charge in [-0.3, -0.25) is 14.9 Å². The van der Waals surface area contributed by atoms with Gasteiger partial charge in [0.1, 0.15) is 24.5 Å². The van der Waals surface area contributed by atoms with E-state index in [4.69, 9.17) is 20.6 Å². The number of hydrogen-bond donors (Lipinski definition) is 1. The van der Waals surface area contributed by atoms with Crippen LogP contribution in [0.4, 0.5) is 10.5 Å². The molecule has 202 valence electrons. The molecule has 1 fully saturated rings. The molecule has 1 saturated heterocycles. The second kappa shape index (κ2) is 13.0. The molecular formula is C32H28N2O6. The molecule has 0 atom stereocenters. The number of terminal acetylenes is 1. The van der Waals surface area contributed by atoms with Gasteiger partial charge in [-0.05, 0) is 66.9 Å². The minimum absolute atomic E-state index is 0.0404. The lowest BCUT2D eigenvalue weighted by Gasteiger charge is -2.26. The van der Waals surface area contributed by atoms with Crippen LogP contribution in [0.2, 0.25) is 0 Å². The number of amides is 4. The van der Waals surface area contributed by atoms with E-state index in [0.29, 0.717) is 48.0 Å². The van der Waals surface area contributed by atoms with Gasteiger partial charge in [0, 0.05) is 5.56 Å². The molecule has 0 radical (unpaired) electrons. The van der Waals surface area contributed by atoms with Gasteiger partial charge in [-0.15, -0.1) is 13.0 Å². The number of carbonyl (C=O) groups excluding carboxylic acids is 3. The molecule has 0 spiro atoms. The molecule has 0 aliphatic carbocycles. The molecule has 3 aromatic carbocycles. The summed E-state index contributed by atoms with van der Waals surface area (Å²) in [5, 5.41) is 2.24. The smallest absolute Gasteiger partial charge is 0.335 e. The number of nitrogens with one attached hydrogen (secondary N) is 1. The Bertz CT molecular complexity index is 1490. The normalized spacial score (nSPS) is 13.9. The lowest BCUT2D eigenvalue weighted by molar-refractivity contribution is -0.122. The van der Waals surface area contributed by atoms with Crippen molar-refractivity contribution >= 4 is 29.6 Å². The van der Waals surface area contributed by atoms with Gasteiger partial charge in [-0.25, -0.2) is 9.69 Å². The summed E-state index contributed by atoms with van der Waals surface area (Å²) in [7, 11) is 0. The fraction of sp³-hybridized carbons (Fsp3) is 0.156. The first-order valence-electron chi connectivity index (χ1n) is 12.6. The van der Waals surface area contributed by atoms with Crippen LogP contribution >= 0.6 is 0 Å². The van der Waals surface area contributed by atoms with Gasteiger partial charge in [-0.1, -0.05) is 42.3 Å². The summed E-state index contributed by atoms with van der Waals surface area (Å²) in [5.74, 6) is 2.31. The van der Waals surface area contributed by atoms with Crippen LogP contribution in [0.25, 0.3) is 6.08 Å². The number of hydrogen-bond acceptors (Lipinski definition) is 6. The van der Waals surface area contributed by atoms with Crippen LogP contribution in [0.1, 0.15) is 23.6 Å². The zero-order valence-corrected chi connectivity index (χ0v) is 22.0. The van der Waals surface area contributed by atoms with Crippen molar-refractivity contribution in [3.63, 3.8) is 0 Å². The number of urea groups is 1. The third-order valence-corrected chi connectivity index (χ3v) is 5.87. The lowest BCUT2D eigenvalue weighted by Crippen LogP contribution is -2.54. The largest absolute Gasteiger partial charge is 0.490 e. The molecule has 0 saturated carbocycles. The van der Waals surface area contributed by atoms with E-state index in [1.807, 2.05) is 37.3 Å². The average Bonchev–Trinajstić information content (AvgIpc) is 2.95. The second-order valence-electron chi connectivity index (χ2n) is 8.65. The van der Waals surface area contributed by atoms with Crippen LogP contribution in [-0.2, 0) is 22.6 Å². The Morgan fingerprint density at radius 3 is 2.42 bits per heavy atom. The minimum Gasteiger partial charge on any atom is -0.490 e. The fourth-order valence-corrected chi connectivity index (χ4v) is 4.11. The number of anilines is 1. The highest BCUT2D eigenvalue weighted by Crippen LogP contribution is 2.35. The third kappa shape index (κ3) is 6.40. The predicted molar refractivity (Wildman–Crippen MR) is 152 cm³/mol. The quantitative estimate of drug-likeness (QED) is 0.159. The van der Waals surface area contributed by atoms with Gasteiger partial charge in [0.2, 0.25) is 0 Å². The van der Waals surface area contributed by atoms with Gasteiger partial charge >= 0.3 is 6.03 Å². The summed E-state index contributed by atoms with van der Waals surface area (Å²) in [5.41, 5.74) is 2.29. The van der Waals surface area contributed by atoms with Crippen LogP contribution in [0.3, 0.4) is 0 Å². The number of benzene rings is 3.